The third kappa shape index (κ3) is 3.45. The molecule has 4 rings (SSSR count). The SMILES string of the molecule is CCC(C)C(C(=O)NC1CCOc2ccc(Cl)cc21)N1C(=O)c2ccccc2C1=O. The van der Waals surface area contributed by atoms with Crippen LogP contribution in [0.4, 0.5) is 0 Å². The summed E-state index contributed by atoms with van der Waals surface area (Å²) >= 11 is 6.14. The van der Waals surface area contributed by atoms with E-state index in [1.165, 1.54) is 0 Å². The third-order valence-electron chi connectivity index (χ3n) is 5.88. The Kier molecular flexibility index (Phi) is 5.52. The van der Waals surface area contributed by atoms with E-state index in [0.29, 0.717) is 41.3 Å². The van der Waals surface area contributed by atoms with E-state index in [0.717, 1.165) is 10.5 Å². The molecule has 3 unspecified atom stereocenters. The molecule has 0 saturated heterocycles. The number of amides is 3. The molecule has 0 spiro atoms. The molecule has 2 aliphatic rings. The van der Waals surface area contributed by atoms with Crippen molar-refractivity contribution in [3.8, 4) is 5.75 Å². The molecule has 30 heavy (non-hydrogen) atoms. The minimum Gasteiger partial charge on any atom is -0.493 e. The van der Waals surface area contributed by atoms with E-state index in [4.69, 9.17) is 16.3 Å². The molecule has 0 fully saturated rings. The van der Waals surface area contributed by atoms with Gasteiger partial charge in [-0.15, -0.1) is 0 Å². The largest absolute Gasteiger partial charge is 0.493 e. The van der Waals surface area contributed by atoms with E-state index < -0.39 is 17.9 Å². The Morgan fingerprint density at radius 1 is 1.20 bits per heavy atom. The summed E-state index contributed by atoms with van der Waals surface area (Å²) in [5.74, 6) is -0.725. The van der Waals surface area contributed by atoms with Crippen molar-refractivity contribution in [3.05, 3.63) is 64.2 Å². The monoisotopic (exact) mass is 426 g/mol. The van der Waals surface area contributed by atoms with Crippen molar-refractivity contribution in [2.75, 3.05) is 6.61 Å². The van der Waals surface area contributed by atoms with Crippen LogP contribution in [-0.2, 0) is 4.79 Å². The van der Waals surface area contributed by atoms with Crippen molar-refractivity contribution in [1.29, 1.82) is 0 Å². The van der Waals surface area contributed by atoms with Crippen molar-refractivity contribution in [2.24, 2.45) is 5.92 Å². The molecule has 2 aromatic rings. The van der Waals surface area contributed by atoms with Gasteiger partial charge < -0.3 is 10.1 Å². The van der Waals surface area contributed by atoms with E-state index in [-0.39, 0.29) is 17.9 Å². The minimum absolute atomic E-state index is 0.203. The summed E-state index contributed by atoms with van der Waals surface area (Å²) in [7, 11) is 0. The number of nitrogens with one attached hydrogen (secondary N) is 1. The number of ether oxygens (including phenoxy) is 1. The second-order valence-corrected chi connectivity index (χ2v) is 8.17. The van der Waals surface area contributed by atoms with Gasteiger partial charge in [0.2, 0.25) is 5.91 Å². The van der Waals surface area contributed by atoms with E-state index in [2.05, 4.69) is 5.32 Å². The summed E-state index contributed by atoms with van der Waals surface area (Å²) in [5.41, 5.74) is 1.48. The Morgan fingerprint density at radius 2 is 1.87 bits per heavy atom. The lowest BCUT2D eigenvalue weighted by atomic mass is 9.94. The minimum atomic E-state index is -0.895. The van der Waals surface area contributed by atoms with Gasteiger partial charge in [0.1, 0.15) is 11.8 Å². The normalized spacial score (nSPS) is 19.6. The van der Waals surface area contributed by atoms with Crippen molar-refractivity contribution in [2.45, 2.75) is 38.8 Å². The number of fused-ring (bicyclic) bond motifs is 2. The zero-order chi connectivity index (χ0) is 21.4. The number of carbonyl (C=O) groups is 3. The first-order chi connectivity index (χ1) is 14.4. The molecule has 0 saturated carbocycles. The van der Waals surface area contributed by atoms with Gasteiger partial charge in [-0.05, 0) is 36.2 Å². The smallest absolute Gasteiger partial charge is 0.262 e. The Hall–Kier alpha value is -2.86. The number of halogens is 1. The van der Waals surface area contributed by atoms with Crippen LogP contribution >= 0.6 is 11.6 Å². The highest BCUT2D eigenvalue weighted by molar-refractivity contribution is 6.30. The van der Waals surface area contributed by atoms with Gasteiger partial charge in [-0.3, -0.25) is 19.3 Å². The first kappa shape index (κ1) is 20.4. The van der Waals surface area contributed by atoms with Gasteiger partial charge in [0.15, 0.2) is 0 Å². The fourth-order valence-corrected chi connectivity index (χ4v) is 4.27. The number of rotatable bonds is 5. The average Bonchev–Trinajstić information content (AvgIpc) is 2.99. The van der Waals surface area contributed by atoms with Crippen molar-refractivity contribution < 1.29 is 19.1 Å². The number of imide groups is 1. The van der Waals surface area contributed by atoms with E-state index in [1.54, 1.807) is 42.5 Å². The zero-order valence-electron chi connectivity index (χ0n) is 16.9. The fraction of sp³-hybridized carbons (Fsp3) is 0.348. The highest BCUT2D eigenvalue weighted by Crippen LogP contribution is 2.35. The summed E-state index contributed by atoms with van der Waals surface area (Å²) in [6.45, 7) is 4.27. The van der Waals surface area contributed by atoms with Crippen LogP contribution in [-0.4, -0.2) is 35.3 Å². The number of benzene rings is 2. The van der Waals surface area contributed by atoms with Gasteiger partial charge >= 0.3 is 0 Å². The molecular weight excluding hydrogens is 404 g/mol. The van der Waals surface area contributed by atoms with Crippen LogP contribution in [0.5, 0.6) is 5.75 Å². The maximum Gasteiger partial charge on any atom is 0.262 e. The van der Waals surface area contributed by atoms with Gasteiger partial charge in [0.25, 0.3) is 11.8 Å². The van der Waals surface area contributed by atoms with Gasteiger partial charge in [-0.1, -0.05) is 44.0 Å². The standard InChI is InChI=1S/C23H23ClN2O4/c1-3-13(2)20(26-22(28)15-6-4-5-7-16(15)23(26)29)21(27)25-18-10-11-30-19-9-8-14(24)12-17(18)19/h4-9,12-13,18,20H,3,10-11H2,1-2H3,(H,25,27). The maximum atomic E-state index is 13.4. The second kappa shape index (κ2) is 8.11. The Labute approximate surface area is 180 Å². The molecule has 0 radical (unpaired) electrons. The van der Waals surface area contributed by atoms with Crippen LogP contribution in [0, 0.1) is 5.92 Å². The molecule has 2 aliphatic heterocycles. The second-order valence-electron chi connectivity index (χ2n) is 7.74. The van der Waals surface area contributed by atoms with Gasteiger partial charge in [0.05, 0.1) is 23.8 Å². The van der Waals surface area contributed by atoms with Gasteiger partial charge in [-0.25, -0.2) is 0 Å². The molecule has 3 atom stereocenters. The molecule has 3 amide bonds. The summed E-state index contributed by atoms with van der Waals surface area (Å²) < 4.78 is 5.67. The molecular formula is C23H23ClN2O4. The highest BCUT2D eigenvalue weighted by atomic mass is 35.5. The van der Waals surface area contributed by atoms with Gasteiger partial charge in [-0.2, -0.15) is 0 Å². The molecule has 156 valence electrons. The molecule has 0 aromatic heterocycles. The Morgan fingerprint density at radius 3 is 2.50 bits per heavy atom. The maximum absolute atomic E-state index is 13.4. The summed E-state index contributed by atoms with van der Waals surface area (Å²) in [6, 6.07) is 10.8. The highest BCUT2D eigenvalue weighted by Gasteiger charge is 2.45. The molecule has 2 aromatic carbocycles. The Bertz CT molecular complexity index is 987. The molecule has 7 heteroatoms. The van der Waals surface area contributed by atoms with E-state index in [9.17, 15) is 14.4 Å². The van der Waals surface area contributed by atoms with Gasteiger partial charge in [0, 0.05) is 17.0 Å². The lowest BCUT2D eigenvalue weighted by Gasteiger charge is -2.33. The van der Waals surface area contributed by atoms with Crippen LogP contribution in [0.25, 0.3) is 0 Å². The average molecular weight is 427 g/mol. The topological polar surface area (TPSA) is 75.7 Å². The van der Waals surface area contributed by atoms with Crippen LogP contribution in [0.3, 0.4) is 0 Å². The predicted octanol–water partition coefficient (Wildman–Crippen LogP) is 3.99. The molecule has 6 nitrogen and oxygen atoms in total. The molecule has 1 N–H and O–H groups in total. The van der Waals surface area contributed by atoms with Crippen molar-refractivity contribution >= 4 is 29.3 Å². The fourth-order valence-electron chi connectivity index (χ4n) is 4.09. The summed E-state index contributed by atoms with van der Waals surface area (Å²) in [6.07, 6.45) is 1.22. The lowest BCUT2D eigenvalue weighted by Crippen LogP contribution is -2.53. The lowest BCUT2D eigenvalue weighted by molar-refractivity contribution is -0.127. The first-order valence-corrected chi connectivity index (χ1v) is 10.5. The van der Waals surface area contributed by atoms with Crippen molar-refractivity contribution in [3.63, 3.8) is 0 Å². The summed E-state index contributed by atoms with van der Waals surface area (Å²) in [5, 5.41) is 3.59. The Balaban J connectivity index is 1.64. The quantitative estimate of drug-likeness (QED) is 0.733. The summed E-state index contributed by atoms with van der Waals surface area (Å²) in [4.78, 5) is 40.5. The van der Waals surface area contributed by atoms with Crippen LogP contribution in [0.15, 0.2) is 42.5 Å². The zero-order valence-corrected chi connectivity index (χ0v) is 17.6. The van der Waals surface area contributed by atoms with Crippen LogP contribution in [0.2, 0.25) is 5.02 Å². The van der Waals surface area contributed by atoms with E-state index in [1.807, 2.05) is 13.8 Å². The molecule has 2 heterocycles. The molecule has 0 bridgehead atoms. The van der Waals surface area contributed by atoms with Crippen molar-refractivity contribution in [1.82, 2.24) is 10.2 Å². The number of carbonyl (C=O) groups excluding carboxylic acids is 3. The first-order valence-electron chi connectivity index (χ1n) is 10.1. The number of hydrogen-bond donors (Lipinski definition) is 1. The molecule has 0 aliphatic carbocycles. The number of hydrogen-bond acceptors (Lipinski definition) is 4. The number of nitrogens with zero attached hydrogens (tertiary/aromatic N) is 1. The van der Waals surface area contributed by atoms with E-state index >= 15 is 0 Å². The van der Waals surface area contributed by atoms with Crippen LogP contribution in [0.1, 0.15) is 59.0 Å². The van der Waals surface area contributed by atoms with Crippen LogP contribution < -0.4 is 10.1 Å². The predicted molar refractivity (Wildman–Crippen MR) is 113 cm³/mol. The third-order valence-corrected chi connectivity index (χ3v) is 6.12.